The second-order valence-electron chi connectivity index (χ2n) is 6.55. The first-order chi connectivity index (χ1) is 15.6. The van der Waals surface area contributed by atoms with Crippen LogP contribution in [0.2, 0.25) is 0 Å². The Labute approximate surface area is 197 Å². The van der Waals surface area contributed by atoms with E-state index in [1.54, 1.807) is 31.2 Å². The predicted molar refractivity (Wildman–Crippen MR) is 122 cm³/mol. The maximum absolute atomic E-state index is 12.8. The average Bonchev–Trinajstić information content (AvgIpc) is 2.73. The summed E-state index contributed by atoms with van der Waals surface area (Å²) < 4.78 is 37.2. The maximum atomic E-state index is 12.8. The van der Waals surface area contributed by atoms with Crippen molar-refractivity contribution in [3.05, 3.63) is 75.1 Å². The third kappa shape index (κ3) is 5.84. The lowest BCUT2D eigenvalue weighted by atomic mass is 10.3. The summed E-state index contributed by atoms with van der Waals surface area (Å²) in [6.07, 6.45) is 0. The molecule has 12 heteroatoms. The summed E-state index contributed by atoms with van der Waals surface area (Å²) in [7, 11) is -4.45. The summed E-state index contributed by atoms with van der Waals surface area (Å²) in [5, 5.41) is 6.51. The van der Waals surface area contributed by atoms with Gasteiger partial charge in [-0.05, 0) is 49.4 Å². The Morgan fingerprint density at radius 1 is 1.12 bits per heavy atom. The van der Waals surface area contributed by atoms with E-state index in [4.69, 9.17) is 8.92 Å². The molecule has 0 aliphatic carbocycles. The summed E-state index contributed by atoms with van der Waals surface area (Å²) >= 11 is 3.29. The van der Waals surface area contributed by atoms with Gasteiger partial charge in [-0.15, -0.1) is 0 Å². The number of nitrogens with zero attached hydrogens (tertiary/aromatic N) is 2. The van der Waals surface area contributed by atoms with Crippen molar-refractivity contribution in [1.29, 1.82) is 0 Å². The van der Waals surface area contributed by atoms with Crippen molar-refractivity contribution in [3.63, 3.8) is 0 Å². The van der Waals surface area contributed by atoms with E-state index in [2.05, 4.69) is 26.3 Å². The number of amides is 1. The van der Waals surface area contributed by atoms with E-state index in [1.165, 1.54) is 31.2 Å². The Bertz CT molecular complexity index is 1370. The average molecular weight is 536 g/mol. The van der Waals surface area contributed by atoms with Crippen LogP contribution in [0.4, 0.5) is 5.69 Å². The standard InChI is InChI=1S/C21H18BrN3O7S/c1-3-31-21(28)20-18(12-19(27)25(24-20)16-6-4-5-14(22)11-16)32-33(29,30)17-9-7-15(8-10-17)23-13(2)26/h4-12H,3H2,1-2H3,(H,23,26). The lowest BCUT2D eigenvalue weighted by Crippen LogP contribution is -2.26. The Morgan fingerprint density at radius 3 is 2.42 bits per heavy atom. The fourth-order valence-electron chi connectivity index (χ4n) is 2.71. The first-order valence-electron chi connectivity index (χ1n) is 9.50. The molecule has 0 saturated carbocycles. The van der Waals surface area contributed by atoms with Crippen LogP contribution in [-0.2, 0) is 19.6 Å². The maximum Gasteiger partial charge on any atom is 0.362 e. The number of halogens is 1. The van der Waals surface area contributed by atoms with Gasteiger partial charge in [0.2, 0.25) is 11.6 Å². The van der Waals surface area contributed by atoms with Gasteiger partial charge in [0, 0.05) is 17.1 Å². The number of hydrogen-bond acceptors (Lipinski definition) is 8. The van der Waals surface area contributed by atoms with E-state index in [0.29, 0.717) is 15.8 Å². The smallest absolute Gasteiger partial charge is 0.362 e. The highest BCUT2D eigenvalue weighted by atomic mass is 79.9. The molecule has 33 heavy (non-hydrogen) atoms. The minimum Gasteiger partial charge on any atom is -0.461 e. The van der Waals surface area contributed by atoms with Gasteiger partial charge in [-0.1, -0.05) is 22.0 Å². The second kappa shape index (κ2) is 9.96. The third-order valence-electron chi connectivity index (χ3n) is 4.08. The van der Waals surface area contributed by atoms with Gasteiger partial charge in [0.1, 0.15) is 4.90 Å². The molecule has 1 aromatic heterocycles. The molecule has 3 rings (SSSR count). The number of carbonyl (C=O) groups excluding carboxylic acids is 2. The van der Waals surface area contributed by atoms with Crippen molar-refractivity contribution in [3.8, 4) is 11.4 Å². The number of carbonyl (C=O) groups is 2. The fraction of sp³-hybridized carbons (Fsp3) is 0.143. The molecule has 0 atom stereocenters. The molecule has 1 heterocycles. The van der Waals surface area contributed by atoms with E-state index in [9.17, 15) is 22.8 Å². The Hall–Kier alpha value is -3.51. The molecule has 0 saturated heterocycles. The van der Waals surface area contributed by atoms with E-state index in [0.717, 1.165) is 10.7 Å². The molecule has 0 fully saturated rings. The minimum absolute atomic E-state index is 0.00662. The molecule has 0 radical (unpaired) electrons. The SMILES string of the molecule is CCOC(=O)c1nn(-c2cccc(Br)c2)c(=O)cc1OS(=O)(=O)c1ccc(NC(C)=O)cc1. The molecule has 0 aliphatic heterocycles. The van der Waals surface area contributed by atoms with E-state index < -0.39 is 33.1 Å². The summed E-state index contributed by atoms with van der Waals surface area (Å²) in [4.78, 5) is 36.0. The lowest BCUT2D eigenvalue weighted by molar-refractivity contribution is -0.114. The van der Waals surface area contributed by atoms with Gasteiger partial charge >= 0.3 is 16.1 Å². The summed E-state index contributed by atoms with van der Waals surface area (Å²) in [6, 6.07) is 12.6. The van der Waals surface area contributed by atoms with Crippen molar-refractivity contribution in [2.75, 3.05) is 11.9 Å². The first-order valence-corrected chi connectivity index (χ1v) is 11.7. The van der Waals surface area contributed by atoms with E-state index in [1.807, 2.05) is 0 Å². The molecule has 172 valence electrons. The number of rotatable bonds is 7. The lowest BCUT2D eigenvalue weighted by Gasteiger charge is -2.13. The van der Waals surface area contributed by atoms with Crippen molar-refractivity contribution >= 4 is 43.6 Å². The van der Waals surface area contributed by atoms with Crippen LogP contribution in [0.5, 0.6) is 5.75 Å². The predicted octanol–water partition coefficient (Wildman–Crippen LogP) is 2.90. The van der Waals surface area contributed by atoms with Crippen LogP contribution in [0.3, 0.4) is 0 Å². The number of ether oxygens (including phenoxy) is 1. The monoisotopic (exact) mass is 535 g/mol. The quantitative estimate of drug-likeness (QED) is 0.360. The van der Waals surface area contributed by atoms with Crippen LogP contribution in [0.15, 0.2) is 68.8 Å². The molecular formula is C21H18BrN3O7S. The Morgan fingerprint density at radius 2 is 1.82 bits per heavy atom. The van der Waals surface area contributed by atoms with Gasteiger partial charge in [-0.2, -0.15) is 18.2 Å². The molecule has 0 spiro atoms. The zero-order valence-electron chi connectivity index (χ0n) is 17.4. The number of nitrogens with one attached hydrogen (secondary N) is 1. The second-order valence-corrected chi connectivity index (χ2v) is 9.01. The summed E-state index contributed by atoms with van der Waals surface area (Å²) in [5.74, 6) is -1.86. The molecule has 1 N–H and O–H groups in total. The van der Waals surface area contributed by atoms with Gasteiger partial charge in [0.15, 0.2) is 5.75 Å². The first kappa shape index (κ1) is 24.1. The Balaban J connectivity index is 2.04. The van der Waals surface area contributed by atoms with Gasteiger partial charge in [-0.3, -0.25) is 9.59 Å². The molecule has 0 aliphatic rings. The molecule has 2 aromatic carbocycles. The molecule has 10 nitrogen and oxygen atoms in total. The van der Waals surface area contributed by atoms with Gasteiger partial charge in [0.05, 0.1) is 18.4 Å². The fourth-order valence-corrected chi connectivity index (χ4v) is 4.03. The largest absolute Gasteiger partial charge is 0.461 e. The van der Waals surface area contributed by atoms with Crippen LogP contribution in [0.25, 0.3) is 5.69 Å². The highest BCUT2D eigenvalue weighted by Crippen LogP contribution is 2.23. The van der Waals surface area contributed by atoms with E-state index in [-0.39, 0.29) is 17.4 Å². The van der Waals surface area contributed by atoms with Crippen LogP contribution in [-0.4, -0.2) is 36.7 Å². The highest BCUT2D eigenvalue weighted by Gasteiger charge is 2.25. The molecule has 0 bridgehead atoms. The zero-order valence-corrected chi connectivity index (χ0v) is 19.8. The molecular weight excluding hydrogens is 518 g/mol. The van der Waals surface area contributed by atoms with Gasteiger partial charge in [-0.25, -0.2) is 4.79 Å². The number of hydrogen-bond donors (Lipinski definition) is 1. The highest BCUT2D eigenvalue weighted by molar-refractivity contribution is 9.10. The third-order valence-corrected chi connectivity index (χ3v) is 5.82. The molecule has 1 amide bonds. The topological polar surface area (TPSA) is 134 Å². The number of aromatic nitrogens is 2. The summed E-state index contributed by atoms with van der Waals surface area (Å²) in [5.41, 5.74) is -0.503. The van der Waals surface area contributed by atoms with Crippen LogP contribution in [0, 0.1) is 0 Å². The summed E-state index contributed by atoms with van der Waals surface area (Å²) in [6.45, 7) is 2.87. The van der Waals surface area contributed by atoms with E-state index >= 15 is 0 Å². The van der Waals surface area contributed by atoms with Crippen molar-refractivity contribution < 1.29 is 26.9 Å². The van der Waals surface area contributed by atoms with Crippen molar-refractivity contribution in [2.24, 2.45) is 0 Å². The number of anilines is 1. The molecule has 0 unspecified atom stereocenters. The van der Waals surface area contributed by atoms with Gasteiger partial charge < -0.3 is 14.2 Å². The molecule has 3 aromatic rings. The van der Waals surface area contributed by atoms with Crippen LogP contribution in [0.1, 0.15) is 24.3 Å². The minimum atomic E-state index is -4.45. The van der Waals surface area contributed by atoms with Crippen molar-refractivity contribution in [1.82, 2.24) is 9.78 Å². The van der Waals surface area contributed by atoms with Gasteiger partial charge in [0.25, 0.3) is 5.56 Å². The zero-order chi connectivity index (χ0) is 24.2. The number of benzene rings is 2. The van der Waals surface area contributed by atoms with Crippen LogP contribution < -0.4 is 15.1 Å². The van der Waals surface area contributed by atoms with Crippen LogP contribution >= 0.6 is 15.9 Å². The number of esters is 1. The normalized spacial score (nSPS) is 11.0. The van der Waals surface area contributed by atoms with Crippen molar-refractivity contribution in [2.45, 2.75) is 18.7 Å². The Kier molecular flexibility index (Phi) is 7.29.